The van der Waals surface area contributed by atoms with Crippen LogP contribution in [0.3, 0.4) is 0 Å². The zero-order valence-corrected chi connectivity index (χ0v) is 9.76. The van der Waals surface area contributed by atoms with Crippen LogP contribution in [0.1, 0.15) is 24.5 Å². The summed E-state index contributed by atoms with van der Waals surface area (Å²) in [6.07, 6.45) is 2.44. The Morgan fingerprint density at radius 1 is 1.69 bits per heavy atom. The lowest BCUT2D eigenvalue weighted by Crippen LogP contribution is -2.20. The quantitative estimate of drug-likeness (QED) is 0.726. The smallest absolute Gasteiger partial charge is 0.252 e. The Kier molecular flexibility index (Phi) is 3.87. The minimum Gasteiger partial charge on any atom is -0.370 e. The molecule has 1 heterocycles. The van der Waals surface area contributed by atoms with Crippen LogP contribution in [0.25, 0.3) is 0 Å². The van der Waals surface area contributed by atoms with E-state index >= 15 is 0 Å². The first-order valence-electron chi connectivity index (χ1n) is 5.32. The van der Waals surface area contributed by atoms with Gasteiger partial charge in [0.05, 0.1) is 12.3 Å². The summed E-state index contributed by atoms with van der Waals surface area (Å²) in [6.45, 7) is 0.866. The SMILES string of the molecule is NCCOCC(=O)Nc1nc(C2CC2)cs1. The monoisotopic (exact) mass is 241 g/mol. The van der Waals surface area contributed by atoms with Crippen molar-refractivity contribution < 1.29 is 9.53 Å². The van der Waals surface area contributed by atoms with Crippen molar-refractivity contribution in [3.63, 3.8) is 0 Å². The van der Waals surface area contributed by atoms with Gasteiger partial charge in [-0.05, 0) is 12.8 Å². The molecular formula is C10H15N3O2S. The van der Waals surface area contributed by atoms with Crippen molar-refractivity contribution in [2.45, 2.75) is 18.8 Å². The number of hydrogen-bond donors (Lipinski definition) is 2. The summed E-state index contributed by atoms with van der Waals surface area (Å²) in [5.41, 5.74) is 6.34. The van der Waals surface area contributed by atoms with E-state index in [4.69, 9.17) is 10.5 Å². The molecular weight excluding hydrogens is 226 g/mol. The number of carbonyl (C=O) groups is 1. The predicted octanol–water partition coefficient (Wildman–Crippen LogP) is 0.934. The number of carbonyl (C=O) groups excluding carboxylic acids is 1. The summed E-state index contributed by atoms with van der Waals surface area (Å²) in [5.74, 6) is 0.445. The van der Waals surface area contributed by atoms with Crippen molar-refractivity contribution in [3.05, 3.63) is 11.1 Å². The van der Waals surface area contributed by atoms with Gasteiger partial charge in [0.1, 0.15) is 6.61 Å². The zero-order valence-electron chi connectivity index (χ0n) is 8.94. The van der Waals surface area contributed by atoms with E-state index in [1.807, 2.05) is 5.38 Å². The third kappa shape index (κ3) is 3.26. The first-order valence-corrected chi connectivity index (χ1v) is 6.20. The molecule has 0 radical (unpaired) electrons. The highest BCUT2D eigenvalue weighted by molar-refractivity contribution is 7.13. The molecule has 6 heteroatoms. The van der Waals surface area contributed by atoms with Crippen molar-refractivity contribution in [1.82, 2.24) is 4.98 Å². The molecule has 1 fully saturated rings. The number of nitrogens with one attached hydrogen (secondary N) is 1. The summed E-state index contributed by atoms with van der Waals surface area (Å²) in [7, 11) is 0. The Morgan fingerprint density at radius 2 is 2.50 bits per heavy atom. The second-order valence-corrected chi connectivity index (χ2v) is 4.60. The molecule has 0 aliphatic heterocycles. The van der Waals surface area contributed by atoms with Gasteiger partial charge >= 0.3 is 0 Å². The van der Waals surface area contributed by atoms with E-state index in [9.17, 15) is 4.79 Å². The maximum atomic E-state index is 11.4. The van der Waals surface area contributed by atoms with E-state index in [1.54, 1.807) is 0 Å². The van der Waals surface area contributed by atoms with Gasteiger partial charge < -0.3 is 10.5 Å². The first kappa shape index (κ1) is 11.5. The predicted molar refractivity (Wildman–Crippen MR) is 62.6 cm³/mol. The molecule has 2 rings (SSSR count). The molecule has 1 aliphatic rings. The van der Waals surface area contributed by atoms with Crippen LogP contribution in [0.5, 0.6) is 0 Å². The Morgan fingerprint density at radius 3 is 3.19 bits per heavy atom. The van der Waals surface area contributed by atoms with Crippen LogP contribution in [0.15, 0.2) is 5.38 Å². The van der Waals surface area contributed by atoms with Gasteiger partial charge in [0.15, 0.2) is 5.13 Å². The highest BCUT2D eigenvalue weighted by Crippen LogP contribution is 2.40. The molecule has 0 saturated heterocycles. The molecule has 0 spiro atoms. The maximum absolute atomic E-state index is 11.4. The summed E-state index contributed by atoms with van der Waals surface area (Å²) in [4.78, 5) is 15.7. The number of rotatable bonds is 6. The number of amides is 1. The fourth-order valence-electron chi connectivity index (χ4n) is 1.31. The molecule has 3 N–H and O–H groups in total. The van der Waals surface area contributed by atoms with Crippen molar-refractivity contribution in [1.29, 1.82) is 0 Å². The molecule has 1 saturated carbocycles. The Labute approximate surface area is 98.0 Å². The standard InChI is InChI=1S/C10H15N3O2S/c11-3-4-15-5-9(14)13-10-12-8(6-16-10)7-1-2-7/h6-7H,1-5,11H2,(H,12,13,14). The van der Waals surface area contributed by atoms with E-state index in [2.05, 4.69) is 10.3 Å². The van der Waals surface area contributed by atoms with Crippen molar-refractivity contribution in [2.75, 3.05) is 25.1 Å². The van der Waals surface area contributed by atoms with Crippen LogP contribution in [-0.4, -0.2) is 30.6 Å². The number of nitrogens with zero attached hydrogens (tertiary/aromatic N) is 1. The summed E-state index contributed by atoms with van der Waals surface area (Å²) >= 11 is 1.46. The lowest BCUT2D eigenvalue weighted by Gasteiger charge is -2.01. The fraction of sp³-hybridized carbons (Fsp3) is 0.600. The van der Waals surface area contributed by atoms with E-state index in [-0.39, 0.29) is 12.5 Å². The van der Waals surface area contributed by atoms with Gasteiger partial charge in [-0.2, -0.15) is 0 Å². The molecule has 1 aromatic heterocycles. The van der Waals surface area contributed by atoms with Crippen LogP contribution in [0.2, 0.25) is 0 Å². The van der Waals surface area contributed by atoms with E-state index < -0.39 is 0 Å². The van der Waals surface area contributed by atoms with E-state index in [0.29, 0.717) is 24.2 Å². The summed E-state index contributed by atoms with van der Waals surface area (Å²) < 4.78 is 5.02. The molecule has 1 aromatic rings. The zero-order chi connectivity index (χ0) is 11.4. The Hall–Kier alpha value is -0.980. The second-order valence-electron chi connectivity index (χ2n) is 3.74. The number of anilines is 1. The Bertz CT molecular complexity index is 363. The van der Waals surface area contributed by atoms with Crippen LogP contribution in [0, 0.1) is 0 Å². The minimum atomic E-state index is -0.176. The summed E-state index contributed by atoms with van der Waals surface area (Å²) in [6, 6.07) is 0. The maximum Gasteiger partial charge on any atom is 0.252 e. The highest BCUT2D eigenvalue weighted by atomic mass is 32.1. The topological polar surface area (TPSA) is 77.2 Å². The van der Waals surface area contributed by atoms with Crippen molar-refractivity contribution in [2.24, 2.45) is 5.73 Å². The van der Waals surface area contributed by atoms with E-state index in [1.165, 1.54) is 24.2 Å². The molecule has 88 valence electrons. The van der Waals surface area contributed by atoms with Crippen molar-refractivity contribution >= 4 is 22.4 Å². The molecule has 0 atom stereocenters. The number of ether oxygens (including phenoxy) is 1. The average Bonchev–Trinajstić information content (AvgIpc) is 3.01. The van der Waals surface area contributed by atoms with Gasteiger partial charge in [-0.1, -0.05) is 0 Å². The van der Waals surface area contributed by atoms with Crippen LogP contribution in [0.4, 0.5) is 5.13 Å². The summed E-state index contributed by atoms with van der Waals surface area (Å²) in [5, 5.41) is 5.37. The van der Waals surface area contributed by atoms with Crippen LogP contribution in [-0.2, 0) is 9.53 Å². The lowest BCUT2D eigenvalue weighted by atomic mass is 10.3. The lowest BCUT2D eigenvalue weighted by molar-refractivity contribution is -0.120. The molecule has 0 aromatic carbocycles. The fourth-order valence-corrected chi connectivity index (χ4v) is 2.12. The Balaban J connectivity index is 1.76. The number of thiazole rings is 1. The third-order valence-electron chi connectivity index (χ3n) is 2.26. The van der Waals surface area contributed by atoms with Gasteiger partial charge in [0.2, 0.25) is 0 Å². The minimum absolute atomic E-state index is 0.0372. The molecule has 1 aliphatic carbocycles. The van der Waals surface area contributed by atoms with Gasteiger partial charge in [-0.3, -0.25) is 10.1 Å². The average molecular weight is 241 g/mol. The number of nitrogens with two attached hydrogens (primary N) is 1. The van der Waals surface area contributed by atoms with Crippen molar-refractivity contribution in [3.8, 4) is 0 Å². The van der Waals surface area contributed by atoms with Gasteiger partial charge in [-0.25, -0.2) is 4.98 Å². The molecule has 16 heavy (non-hydrogen) atoms. The largest absolute Gasteiger partial charge is 0.370 e. The van der Waals surface area contributed by atoms with Gasteiger partial charge in [-0.15, -0.1) is 11.3 Å². The first-order chi connectivity index (χ1) is 7.79. The molecule has 5 nitrogen and oxygen atoms in total. The normalized spacial score (nSPS) is 15.1. The molecule has 0 unspecified atom stereocenters. The van der Waals surface area contributed by atoms with Crippen LogP contribution >= 0.6 is 11.3 Å². The van der Waals surface area contributed by atoms with Gasteiger partial charge in [0.25, 0.3) is 5.91 Å². The molecule has 1 amide bonds. The highest BCUT2D eigenvalue weighted by Gasteiger charge is 2.26. The van der Waals surface area contributed by atoms with E-state index in [0.717, 1.165) is 5.69 Å². The third-order valence-corrected chi connectivity index (χ3v) is 3.04. The second kappa shape index (κ2) is 5.38. The number of hydrogen-bond acceptors (Lipinski definition) is 5. The van der Waals surface area contributed by atoms with Gasteiger partial charge in [0, 0.05) is 17.8 Å². The number of aromatic nitrogens is 1. The molecule has 0 bridgehead atoms. The van der Waals surface area contributed by atoms with Crippen LogP contribution < -0.4 is 11.1 Å².